The molecule has 2 aromatic heterocycles. The summed E-state index contributed by atoms with van der Waals surface area (Å²) in [5, 5.41) is 4.52. The SMILES string of the molecule is c1ccc(N(c2ccc(-c3ccc4oc5ccccc5c4c3)cc2)c2ccc3oc4ccccc4c3c2)cc1. The lowest BCUT2D eigenvalue weighted by molar-refractivity contribution is 0.668. The van der Waals surface area contributed by atoms with Gasteiger partial charge in [0.05, 0.1) is 0 Å². The molecule has 0 bridgehead atoms. The molecule has 0 amide bonds. The molecule has 8 rings (SSSR count). The van der Waals surface area contributed by atoms with E-state index in [9.17, 15) is 0 Å². The van der Waals surface area contributed by atoms with Crippen LogP contribution >= 0.6 is 0 Å². The smallest absolute Gasteiger partial charge is 0.135 e. The minimum Gasteiger partial charge on any atom is -0.456 e. The summed E-state index contributed by atoms with van der Waals surface area (Å²) in [6.45, 7) is 0. The van der Waals surface area contributed by atoms with Crippen molar-refractivity contribution in [2.24, 2.45) is 0 Å². The van der Waals surface area contributed by atoms with E-state index in [4.69, 9.17) is 8.83 Å². The van der Waals surface area contributed by atoms with Crippen LogP contribution in [0.4, 0.5) is 17.1 Å². The molecule has 6 aromatic carbocycles. The van der Waals surface area contributed by atoms with Gasteiger partial charge in [-0.3, -0.25) is 0 Å². The Bertz CT molecular complexity index is 2120. The number of hydrogen-bond acceptors (Lipinski definition) is 3. The number of para-hydroxylation sites is 3. The number of anilines is 3. The predicted octanol–water partition coefficient (Wildman–Crippen LogP) is 10.6. The third-order valence-electron chi connectivity index (χ3n) is 7.47. The van der Waals surface area contributed by atoms with Crippen molar-refractivity contribution in [3.8, 4) is 11.1 Å². The van der Waals surface area contributed by atoms with Gasteiger partial charge in [0.25, 0.3) is 0 Å². The molecule has 0 spiro atoms. The van der Waals surface area contributed by atoms with Gasteiger partial charge in [0, 0.05) is 38.6 Å². The Balaban J connectivity index is 1.23. The summed E-state index contributed by atoms with van der Waals surface area (Å²) >= 11 is 0. The van der Waals surface area contributed by atoms with Gasteiger partial charge in [-0.15, -0.1) is 0 Å². The fourth-order valence-electron chi connectivity index (χ4n) is 5.59. The molecule has 184 valence electrons. The van der Waals surface area contributed by atoms with Gasteiger partial charge in [-0.25, -0.2) is 0 Å². The van der Waals surface area contributed by atoms with Crippen molar-refractivity contribution in [1.29, 1.82) is 0 Å². The third-order valence-corrected chi connectivity index (χ3v) is 7.47. The topological polar surface area (TPSA) is 29.5 Å². The van der Waals surface area contributed by atoms with Gasteiger partial charge in [-0.1, -0.05) is 72.8 Å². The summed E-state index contributed by atoms with van der Waals surface area (Å²) in [5.74, 6) is 0. The monoisotopic (exact) mass is 501 g/mol. The Labute approximate surface area is 225 Å². The zero-order valence-corrected chi connectivity index (χ0v) is 21.0. The highest BCUT2D eigenvalue weighted by molar-refractivity contribution is 6.07. The Hall–Kier alpha value is -5.28. The van der Waals surface area contributed by atoms with E-state index in [-0.39, 0.29) is 0 Å². The highest BCUT2D eigenvalue weighted by atomic mass is 16.3. The lowest BCUT2D eigenvalue weighted by Crippen LogP contribution is -2.09. The van der Waals surface area contributed by atoms with E-state index in [1.54, 1.807) is 0 Å². The first-order valence-electron chi connectivity index (χ1n) is 13.1. The van der Waals surface area contributed by atoms with E-state index in [0.717, 1.165) is 72.1 Å². The van der Waals surface area contributed by atoms with Crippen molar-refractivity contribution < 1.29 is 8.83 Å². The van der Waals surface area contributed by atoms with E-state index in [1.807, 2.05) is 30.3 Å². The summed E-state index contributed by atoms with van der Waals surface area (Å²) in [7, 11) is 0. The van der Waals surface area contributed by atoms with E-state index in [0.29, 0.717) is 0 Å². The summed E-state index contributed by atoms with van der Waals surface area (Å²) in [4.78, 5) is 2.29. The van der Waals surface area contributed by atoms with Crippen molar-refractivity contribution in [3.63, 3.8) is 0 Å². The van der Waals surface area contributed by atoms with Crippen LogP contribution in [-0.4, -0.2) is 0 Å². The molecule has 0 unspecified atom stereocenters. The fraction of sp³-hybridized carbons (Fsp3) is 0. The Kier molecular flexibility index (Phi) is 4.82. The number of rotatable bonds is 4. The van der Waals surface area contributed by atoms with Crippen molar-refractivity contribution in [2.45, 2.75) is 0 Å². The second-order valence-corrected chi connectivity index (χ2v) is 9.81. The number of nitrogens with zero attached hydrogens (tertiary/aromatic N) is 1. The minimum absolute atomic E-state index is 0.894. The highest BCUT2D eigenvalue weighted by Gasteiger charge is 2.16. The third kappa shape index (κ3) is 3.59. The molecule has 2 heterocycles. The second-order valence-electron chi connectivity index (χ2n) is 9.81. The lowest BCUT2D eigenvalue weighted by atomic mass is 10.0. The average molecular weight is 502 g/mol. The molecule has 8 aromatic rings. The van der Waals surface area contributed by atoms with E-state index < -0.39 is 0 Å². The Morgan fingerprint density at radius 2 is 0.821 bits per heavy atom. The summed E-state index contributed by atoms with van der Waals surface area (Å²) < 4.78 is 12.1. The van der Waals surface area contributed by atoms with Gasteiger partial charge in [0.2, 0.25) is 0 Å². The molecule has 0 aliphatic heterocycles. The minimum atomic E-state index is 0.894. The molecule has 3 heteroatoms. The van der Waals surface area contributed by atoms with Crippen LogP contribution in [0.3, 0.4) is 0 Å². The molecule has 0 saturated heterocycles. The van der Waals surface area contributed by atoms with Crippen LogP contribution in [0.25, 0.3) is 55.0 Å². The van der Waals surface area contributed by atoms with E-state index in [1.165, 1.54) is 0 Å². The predicted molar refractivity (Wildman–Crippen MR) is 161 cm³/mol. The molecule has 0 saturated carbocycles. The number of benzene rings is 6. The number of fused-ring (bicyclic) bond motifs is 6. The molecule has 0 atom stereocenters. The Morgan fingerprint density at radius 1 is 0.333 bits per heavy atom. The van der Waals surface area contributed by atoms with E-state index >= 15 is 0 Å². The molecule has 0 aliphatic rings. The first-order chi connectivity index (χ1) is 19.3. The van der Waals surface area contributed by atoms with Gasteiger partial charge >= 0.3 is 0 Å². The zero-order valence-electron chi connectivity index (χ0n) is 21.0. The summed E-state index contributed by atoms with van der Waals surface area (Å²) in [6.07, 6.45) is 0. The van der Waals surface area contributed by atoms with Crippen molar-refractivity contribution in [3.05, 3.63) is 140 Å². The Morgan fingerprint density at radius 3 is 1.51 bits per heavy atom. The quantitative estimate of drug-likeness (QED) is 0.240. The molecule has 39 heavy (non-hydrogen) atoms. The van der Waals surface area contributed by atoms with Crippen molar-refractivity contribution in [2.75, 3.05) is 4.90 Å². The lowest BCUT2D eigenvalue weighted by Gasteiger charge is -2.25. The van der Waals surface area contributed by atoms with Gasteiger partial charge < -0.3 is 13.7 Å². The fourth-order valence-corrected chi connectivity index (χ4v) is 5.59. The van der Waals surface area contributed by atoms with Gasteiger partial charge in [-0.05, 0) is 77.9 Å². The molecular weight excluding hydrogens is 478 g/mol. The summed E-state index contributed by atoms with van der Waals surface area (Å²) in [5.41, 5.74) is 9.23. The van der Waals surface area contributed by atoms with Crippen LogP contribution in [0.2, 0.25) is 0 Å². The number of furan rings is 2. The van der Waals surface area contributed by atoms with Crippen LogP contribution in [-0.2, 0) is 0 Å². The standard InChI is InChI=1S/C36H23NO2/c1-2-8-26(9-3-1)37(28-19-21-36-32(23-28)30-11-5-7-13-34(30)39-36)27-17-14-24(15-18-27)25-16-20-35-31(22-25)29-10-4-6-12-33(29)38-35/h1-23H. The summed E-state index contributed by atoms with van der Waals surface area (Å²) in [6, 6.07) is 48.5. The maximum atomic E-state index is 6.09. The molecule has 0 N–H and O–H groups in total. The molecule has 0 fully saturated rings. The maximum absolute atomic E-state index is 6.09. The molecular formula is C36H23NO2. The molecule has 3 nitrogen and oxygen atoms in total. The maximum Gasteiger partial charge on any atom is 0.135 e. The average Bonchev–Trinajstić information content (AvgIpc) is 3.56. The first kappa shape index (κ1) is 21.8. The van der Waals surface area contributed by atoms with Crippen LogP contribution < -0.4 is 4.90 Å². The van der Waals surface area contributed by atoms with Crippen molar-refractivity contribution in [1.82, 2.24) is 0 Å². The van der Waals surface area contributed by atoms with Crippen LogP contribution in [0.1, 0.15) is 0 Å². The van der Waals surface area contributed by atoms with Gasteiger partial charge in [0.15, 0.2) is 0 Å². The van der Waals surface area contributed by atoms with Crippen molar-refractivity contribution >= 4 is 60.9 Å². The zero-order chi connectivity index (χ0) is 25.8. The van der Waals surface area contributed by atoms with Crippen LogP contribution in [0, 0.1) is 0 Å². The normalized spacial score (nSPS) is 11.6. The van der Waals surface area contributed by atoms with E-state index in [2.05, 4.69) is 114 Å². The van der Waals surface area contributed by atoms with Crippen LogP contribution in [0.5, 0.6) is 0 Å². The largest absolute Gasteiger partial charge is 0.456 e. The second kappa shape index (κ2) is 8.64. The van der Waals surface area contributed by atoms with Gasteiger partial charge in [-0.2, -0.15) is 0 Å². The first-order valence-corrected chi connectivity index (χ1v) is 13.1. The highest BCUT2D eigenvalue weighted by Crippen LogP contribution is 2.39. The number of hydrogen-bond donors (Lipinski definition) is 0. The molecule has 0 radical (unpaired) electrons. The van der Waals surface area contributed by atoms with Crippen LogP contribution in [0.15, 0.2) is 148 Å². The molecule has 0 aliphatic carbocycles. The van der Waals surface area contributed by atoms with Gasteiger partial charge in [0.1, 0.15) is 22.3 Å².